The highest BCUT2D eigenvalue weighted by atomic mass is 32.1. The van der Waals surface area contributed by atoms with Crippen LogP contribution in [0.25, 0.3) is 54.1 Å². The van der Waals surface area contributed by atoms with Gasteiger partial charge in [0.1, 0.15) is 11.5 Å². The molecular weight excluding hydrogens is 641 g/mol. The monoisotopic (exact) mass is 670 g/mol. The van der Waals surface area contributed by atoms with E-state index in [1.807, 2.05) is 6.07 Å². The molecule has 0 unspecified atom stereocenters. The van der Waals surface area contributed by atoms with E-state index in [2.05, 4.69) is 176 Å². The zero-order chi connectivity index (χ0) is 33.8. The van der Waals surface area contributed by atoms with Crippen molar-refractivity contribution in [2.45, 2.75) is 5.41 Å². The summed E-state index contributed by atoms with van der Waals surface area (Å²) in [6, 6.07) is 64.2. The van der Waals surface area contributed by atoms with Gasteiger partial charge in [0.05, 0.1) is 21.3 Å². The quantitative estimate of drug-likeness (QED) is 0.183. The van der Waals surface area contributed by atoms with Crippen molar-refractivity contribution in [2.24, 2.45) is 0 Å². The first-order chi connectivity index (χ1) is 25.3. The summed E-state index contributed by atoms with van der Waals surface area (Å²) in [5.74, 6) is 2.36. The summed E-state index contributed by atoms with van der Waals surface area (Å²) in [5, 5.41) is 1.14. The number of fused-ring (bicyclic) bond motifs is 5. The molecule has 0 aliphatic carbocycles. The van der Waals surface area contributed by atoms with E-state index in [1.54, 1.807) is 11.3 Å². The minimum absolute atomic E-state index is 0.630. The molecule has 3 nitrogen and oxygen atoms in total. The lowest BCUT2D eigenvalue weighted by molar-refractivity contribution is 0.434. The number of para-hydroxylation sites is 1. The van der Waals surface area contributed by atoms with Crippen molar-refractivity contribution in [1.82, 2.24) is 9.97 Å². The fraction of sp³-hybridized carbons (Fsp3) is 0.0213. The molecule has 0 bridgehead atoms. The van der Waals surface area contributed by atoms with Crippen molar-refractivity contribution < 1.29 is 4.74 Å². The van der Waals surface area contributed by atoms with Crippen LogP contribution < -0.4 is 4.74 Å². The molecule has 0 atom stereocenters. The van der Waals surface area contributed by atoms with Gasteiger partial charge in [0.15, 0.2) is 5.82 Å². The Morgan fingerprint density at radius 3 is 1.86 bits per heavy atom. The summed E-state index contributed by atoms with van der Waals surface area (Å²) in [6.07, 6.45) is 0. The molecule has 51 heavy (non-hydrogen) atoms. The highest BCUT2D eigenvalue weighted by Crippen LogP contribution is 2.56. The molecule has 4 heteroatoms. The largest absolute Gasteiger partial charge is 0.457 e. The summed E-state index contributed by atoms with van der Waals surface area (Å²) in [7, 11) is 0. The van der Waals surface area contributed by atoms with Gasteiger partial charge in [-0.05, 0) is 58.7 Å². The Labute approximate surface area is 300 Å². The predicted molar refractivity (Wildman–Crippen MR) is 210 cm³/mol. The minimum atomic E-state index is -0.630. The van der Waals surface area contributed by atoms with Crippen LogP contribution in [0, 0.1) is 0 Å². The summed E-state index contributed by atoms with van der Waals surface area (Å²) in [6.45, 7) is 0. The average molecular weight is 671 g/mol. The minimum Gasteiger partial charge on any atom is -0.457 e. The van der Waals surface area contributed by atoms with Gasteiger partial charge in [-0.15, -0.1) is 11.3 Å². The van der Waals surface area contributed by atoms with Crippen molar-refractivity contribution >= 4 is 31.6 Å². The van der Waals surface area contributed by atoms with E-state index in [0.717, 1.165) is 60.6 Å². The second-order valence-electron chi connectivity index (χ2n) is 12.9. The average Bonchev–Trinajstić information content (AvgIpc) is 3.59. The van der Waals surface area contributed by atoms with Crippen LogP contribution in [0.4, 0.5) is 0 Å². The lowest BCUT2D eigenvalue weighted by atomic mass is 9.63. The molecule has 0 saturated heterocycles. The molecule has 0 fully saturated rings. The van der Waals surface area contributed by atoms with E-state index >= 15 is 0 Å². The van der Waals surface area contributed by atoms with Gasteiger partial charge in [0.2, 0.25) is 0 Å². The first kappa shape index (κ1) is 29.5. The normalized spacial score (nSPS) is 13.0. The Morgan fingerprint density at radius 1 is 0.451 bits per heavy atom. The maximum absolute atomic E-state index is 6.69. The molecule has 240 valence electrons. The van der Waals surface area contributed by atoms with Crippen LogP contribution in [0.3, 0.4) is 0 Å². The Bertz CT molecular complexity index is 2680. The molecule has 0 amide bonds. The number of hydrogen-bond acceptors (Lipinski definition) is 4. The summed E-state index contributed by atoms with van der Waals surface area (Å²) in [4.78, 5) is 10.8. The molecule has 10 rings (SSSR count). The number of rotatable bonds is 5. The molecule has 3 heterocycles. The zero-order valence-electron chi connectivity index (χ0n) is 27.5. The van der Waals surface area contributed by atoms with Gasteiger partial charge in [0.25, 0.3) is 0 Å². The van der Waals surface area contributed by atoms with E-state index in [-0.39, 0.29) is 0 Å². The third kappa shape index (κ3) is 4.72. The van der Waals surface area contributed by atoms with E-state index < -0.39 is 5.41 Å². The van der Waals surface area contributed by atoms with Gasteiger partial charge in [0, 0.05) is 32.3 Å². The number of ether oxygens (including phenoxy) is 1. The Kier molecular flexibility index (Phi) is 6.90. The van der Waals surface area contributed by atoms with Crippen LogP contribution in [0.15, 0.2) is 182 Å². The molecule has 1 aliphatic rings. The molecule has 0 N–H and O–H groups in total. The van der Waals surface area contributed by atoms with Gasteiger partial charge in [-0.2, -0.15) is 0 Å². The Morgan fingerprint density at radius 2 is 1.08 bits per heavy atom. The fourth-order valence-electron chi connectivity index (χ4n) is 7.74. The zero-order valence-corrected chi connectivity index (χ0v) is 28.3. The third-order valence-electron chi connectivity index (χ3n) is 10.0. The number of hydrogen-bond donors (Lipinski definition) is 0. The Hall–Kier alpha value is -6.36. The van der Waals surface area contributed by atoms with Crippen molar-refractivity contribution in [1.29, 1.82) is 0 Å². The van der Waals surface area contributed by atoms with E-state index in [1.165, 1.54) is 21.4 Å². The first-order valence-electron chi connectivity index (χ1n) is 17.2. The number of thiophene rings is 1. The van der Waals surface area contributed by atoms with Crippen LogP contribution >= 0.6 is 11.3 Å². The third-order valence-corrected chi connectivity index (χ3v) is 11.2. The van der Waals surface area contributed by atoms with Crippen molar-refractivity contribution in [2.75, 3.05) is 0 Å². The van der Waals surface area contributed by atoms with Crippen molar-refractivity contribution in [3.05, 3.63) is 204 Å². The van der Waals surface area contributed by atoms with Crippen molar-refractivity contribution in [3.63, 3.8) is 0 Å². The van der Waals surface area contributed by atoms with Gasteiger partial charge in [-0.25, -0.2) is 9.97 Å². The van der Waals surface area contributed by atoms with E-state index in [4.69, 9.17) is 14.7 Å². The lowest BCUT2D eigenvalue weighted by Gasteiger charge is -2.41. The number of nitrogens with zero attached hydrogens (tertiary/aromatic N) is 2. The maximum atomic E-state index is 6.69. The van der Waals surface area contributed by atoms with Gasteiger partial charge in [-0.1, -0.05) is 146 Å². The summed E-state index contributed by atoms with van der Waals surface area (Å²) < 4.78 is 8.97. The van der Waals surface area contributed by atoms with Gasteiger partial charge < -0.3 is 4.74 Å². The molecule has 0 radical (unpaired) electrons. The fourth-order valence-corrected chi connectivity index (χ4v) is 8.89. The molecule has 1 aliphatic heterocycles. The lowest BCUT2D eigenvalue weighted by Crippen LogP contribution is -2.34. The van der Waals surface area contributed by atoms with Gasteiger partial charge in [-0.3, -0.25) is 0 Å². The molecular formula is C47H30N2OS. The van der Waals surface area contributed by atoms with Crippen LogP contribution in [0.2, 0.25) is 0 Å². The molecule has 0 spiro atoms. The van der Waals surface area contributed by atoms with Crippen molar-refractivity contribution in [3.8, 4) is 45.3 Å². The first-order valence-corrected chi connectivity index (χ1v) is 18.0. The van der Waals surface area contributed by atoms with Crippen LogP contribution in [0.1, 0.15) is 22.3 Å². The van der Waals surface area contributed by atoms with Crippen LogP contribution in [-0.4, -0.2) is 9.97 Å². The van der Waals surface area contributed by atoms with Crippen LogP contribution in [0.5, 0.6) is 11.5 Å². The number of benzene rings is 7. The topological polar surface area (TPSA) is 35.0 Å². The second-order valence-corrected chi connectivity index (χ2v) is 14.0. The molecule has 2 aromatic heterocycles. The molecule has 0 saturated carbocycles. The smallest absolute Gasteiger partial charge is 0.160 e. The Balaban J connectivity index is 1.24. The highest BCUT2D eigenvalue weighted by molar-refractivity contribution is 7.26. The van der Waals surface area contributed by atoms with Crippen LogP contribution in [-0.2, 0) is 5.41 Å². The predicted octanol–water partition coefficient (Wildman–Crippen LogP) is 12.3. The summed E-state index contributed by atoms with van der Waals surface area (Å²) in [5.41, 5.74) is 10.1. The SMILES string of the molecule is c1ccc(-c2cccc(-c3nc(-c4ccc5c(c4)C(c4ccccc4)(c4ccccc4)c4ccccc4O5)nc4c3sc3ccccc34)c2)cc1. The second kappa shape index (κ2) is 11.9. The molecule has 7 aromatic carbocycles. The van der Waals surface area contributed by atoms with E-state index in [9.17, 15) is 0 Å². The maximum Gasteiger partial charge on any atom is 0.160 e. The highest BCUT2D eigenvalue weighted by Gasteiger charge is 2.45. The molecule has 9 aromatic rings. The standard InChI is InChI=1S/C47H30N2OS/c1-4-15-31(16-5-1)32-17-14-18-33(29-32)43-45-44(37-23-10-13-26-42(37)51-45)49-46(48-43)34-27-28-41-39(30-34)47(35-19-6-2-7-20-35,36-21-8-3-9-22-36)38-24-11-12-25-40(38)50-41/h1-30H. The summed E-state index contributed by atoms with van der Waals surface area (Å²) >= 11 is 1.75. The van der Waals surface area contributed by atoms with Gasteiger partial charge >= 0.3 is 0 Å². The number of aromatic nitrogens is 2. The van der Waals surface area contributed by atoms with E-state index in [0.29, 0.717) is 5.82 Å².